The standard InChI is InChI=1S/C13H23N3O3/c1-10-12(14-5-8-19-10)13(18)15-9-11(17)16-6-3-2-4-7-16/h10,12,14H,2-9H2,1H3,(H,15,18)/t10-,12+/m1/s1. The molecule has 2 atom stereocenters. The highest BCUT2D eigenvalue weighted by Gasteiger charge is 2.28. The number of carbonyl (C=O) groups is 2. The fourth-order valence-electron chi connectivity index (χ4n) is 2.56. The first-order valence-electron chi connectivity index (χ1n) is 7.09. The number of hydrogen-bond acceptors (Lipinski definition) is 4. The number of nitrogens with one attached hydrogen (secondary N) is 2. The fraction of sp³-hybridized carbons (Fsp3) is 0.846. The maximum atomic E-state index is 12.0. The van der Waals surface area contributed by atoms with Crippen LogP contribution in [0.15, 0.2) is 0 Å². The van der Waals surface area contributed by atoms with Crippen molar-refractivity contribution in [3.8, 4) is 0 Å². The van der Waals surface area contributed by atoms with Gasteiger partial charge in [0.1, 0.15) is 6.04 Å². The Morgan fingerprint density at radius 3 is 2.74 bits per heavy atom. The van der Waals surface area contributed by atoms with Gasteiger partial charge in [-0.05, 0) is 26.2 Å². The zero-order chi connectivity index (χ0) is 13.7. The van der Waals surface area contributed by atoms with Crippen molar-refractivity contribution in [2.24, 2.45) is 0 Å². The molecule has 2 saturated heterocycles. The van der Waals surface area contributed by atoms with Crippen molar-refractivity contribution in [2.75, 3.05) is 32.8 Å². The summed E-state index contributed by atoms with van der Waals surface area (Å²) in [6.45, 7) is 4.87. The molecule has 2 fully saturated rings. The lowest BCUT2D eigenvalue weighted by molar-refractivity contribution is -0.136. The lowest BCUT2D eigenvalue weighted by Gasteiger charge is -2.30. The van der Waals surface area contributed by atoms with Gasteiger partial charge in [0.05, 0.1) is 19.3 Å². The number of morpholine rings is 1. The van der Waals surface area contributed by atoms with Crippen LogP contribution >= 0.6 is 0 Å². The van der Waals surface area contributed by atoms with Gasteiger partial charge in [-0.1, -0.05) is 0 Å². The maximum Gasteiger partial charge on any atom is 0.241 e. The number of amides is 2. The van der Waals surface area contributed by atoms with Gasteiger partial charge in [0, 0.05) is 19.6 Å². The Labute approximate surface area is 113 Å². The van der Waals surface area contributed by atoms with Gasteiger partial charge in [0.2, 0.25) is 11.8 Å². The van der Waals surface area contributed by atoms with Gasteiger partial charge in [0.15, 0.2) is 0 Å². The van der Waals surface area contributed by atoms with Gasteiger partial charge in [-0.15, -0.1) is 0 Å². The number of nitrogens with zero attached hydrogens (tertiary/aromatic N) is 1. The molecule has 6 nitrogen and oxygen atoms in total. The van der Waals surface area contributed by atoms with Gasteiger partial charge in [-0.2, -0.15) is 0 Å². The molecule has 2 heterocycles. The van der Waals surface area contributed by atoms with Crippen LogP contribution < -0.4 is 10.6 Å². The molecule has 0 aliphatic carbocycles. The third-order valence-corrected chi connectivity index (χ3v) is 3.72. The molecule has 2 aliphatic rings. The molecule has 0 bridgehead atoms. The second-order valence-corrected chi connectivity index (χ2v) is 5.17. The summed E-state index contributed by atoms with van der Waals surface area (Å²) in [5, 5.41) is 5.82. The van der Waals surface area contributed by atoms with E-state index in [1.165, 1.54) is 6.42 Å². The summed E-state index contributed by atoms with van der Waals surface area (Å²) in [6, 6.07) is -0.358. The highest BCUT2D eigenvalue weighted by atomic mass is 16.5. The molecular formula is C13H23N3O3. The Morgan fingerprint density at radius 2 is 2.05 bits per heavy atom. The average Bonchev–Trinajstić information content (AvgIpc) is 2.46. The number of carbonyl (C=O) groups excluding carboxylic acids is 2. The number of rotatable bonds is 3. The Balaban J connectivity index is 1.74. The second kappa shape index (κ2) is 6.86. The summed E-state index contributed by atoms with van der Waals surface area (Å²) in [5.41, 5.74) is 0. The number of piperidine rings is 1. The topological polar surface area (TPSA) is 70.7 Å². The van der Waals surface area contributed by atoms with Gasteiger partial charge in [0.25, 0.3) is 0 Å². The summed E-state index contributed by atoms with van der Waals surface area (Å²) in [4.78, 5) is 25.7. The van der Waals surface area contributed by atoms with E-state index in [9.17, 15) is 9.59 Å². The number of ether oxygens (including phenoxy) is 1. The lowest BCUT2D eigenvalue weighted by Crippen LogP contribution is -2.56. The summed E-state index contributed by atoms with van der Waals surface area (Å²) >= 11 is 0. The van der Waals surface area contributed by atoms with E-state index in [0.717, 1.165) is 25.9 Å². The predicted molar refractivity (Wildman–Crippen MR) is 70.6 cm³/mol. The minimum atomic E-state index is -0.358. The molecule has 108 valence electrons. The van der Waals surface area contributed by atoms with E-state index in [4.69, 9.17) is 4.74 Å². The monoisotopic (exact) mass is 269 g/mol. The van der Waals surface area contributed by atoms with Crippen LogP contribution in [0, 0.1) is 0 Å². The molecule has 19 heavy (non-hydrogen) atoms. The third kappa shape index (κ3) is 3.91. The van der Waals surface area contributed by atoms with Crippen molar-refractivity contribution in [3.63, 3.8) is 0 Å². The van der Waals surface area contributed by atoms with E-state index in [1.807, 2.05) is 11.8 Å². The Kier molecular flexibility index (Phi) is 5.15. The summed E-state index contributed by atoms with van der Waals surface area (Å²) in [6.07, 6.45) is 3.17. The van der Waals surface area contributed by atoms with E-state index in [0.29, 0.717) is 13.2 Å². The molecule has 0 aromatic heterocycles. The van der Waals surface area contributed by atoms with Crippen LogP contribution in [0.4, 0.5) is 0 Å². The zero-order valence-corrected chi connectivity index (χ0v) is 11.5. The fourth-order valence-corrected chi connectivity index (χ4v) is 2.56. The van der Waals surface area contributed by atoms with E-state index < -0.39 is 0 Å². The number of likely N-dealkylation sites (tertiary alicyclic amines) is 1. The minimum absolute atomic E-state index is 0.0115. The quantitative estimate of drug-likeness (QED) is 0.724. The van der Waals surface area contributed by atoms with E-state index in [2.05, 4.69) is 10.6 Å². The first kappa shape index (κ1) is 14.3. The Bertz CT molecular complexity index is 329. The number of hydrogen-bond donors (Lipinski definition) is 2. The lowest BCUT2D eigenvalue weighted by atomic mass is 10.1. The van der Waals surface area contributed by atoms with Crippen LogP contribution in [0.5, 0.6) is 0 Å². The molecule has 2 N–H and O–H groups in total. The molecule has 0 aromatic carbocycles. The van der Waals surface area contributed by atoms with E-state index in [1.54, 1.807) is 0 Å². The van der Waals surface area contributed by atoms with Crippen LogP contribution in [0.2, 0.25) is 0 Å². The molecule has 0 radical (unpaired) electrons. The summed E-state index contributed by atoms with van der Waals surface area (Å²) in [5.74, 6) is -0.144. The molecule has 0 saturated carbocycles. The average molecular weight is 269 g/mol. The second-order valence-electron chi connectivity index (χ2n) is 5.17. The van der Waals surface area contributed by atoms with Crippen LogP contribution in [0.1, 0.15) is 26.2 Å². The molecule has 0 spiro atoms. The predicted octanol–water partition coefficient (Wildman–Crippen LogP) is -0.508. The molecule has 2 amide bonds. The van der Waals surface area contributed by atoms with Crippen molar-refractivity contribution >= 4 is 11.8 Å². The van der Waals surface area contributed by atoms with Crippen molar-refractivity contribution in [3.05, 3.63) is 0 Å². The molecular weight excluding hydrogens is 246 g/mol. The zero-order valence-electron chi connectivity index (χ0n) is 11.5. The first-order chi connectivity index (χ1) is 9.18. The first-order valence-corrected chi connectivity index (χ1v) is 7.09. The third-order valence-electron chi connectivity index (χ3n) is 3.72. The molecule has 2 rings (SSSR count). The Morgan fingerprint density at radius 1 is 1.32 bits per heavy atom. The van der Waals surface area contributed by atoms with Crippen LogP contribution in [0.25, 0.3) is 0 Å². The smallest absolute Gasteiger partial charge is 0.241 e. The molecule has 0 unspecified atom stereocenters. The van der Waals surface area contributed by atoms with Crippen molar-refractivity contribution < 1.29 is 14.3 Å². The van der Waals surface area contributed by atoms with Gasteiger partial charge in [-0.3, -0.25) is 9.59 Å². The van der Waals surface area contributed by atoms with Gasteiger partial charge < -0.3 is 20.3 Å². The van der Waals surface area contributed by atoms with E-state index >= 15 is 0 Å². The summed E-state index contributed by atoms with van der Waals surface area (Å²) in [7, 11) is 0. The molecule has 0 aromatic rings. The van der Waals surface area contributed by atoms with Gasteiger partial charge >= 0.3 is 0 Å². The highest BCUT2D eigenvalue weighted by molar-refractivity contribution is 5.87. The SMILES string of the molecule is C[C@H]1OCCN[C@@H]1C(=O)NCC(=O)N1CCCCC1. The van der Waals surface area contributed by atoms with Crippen LogP contribution in [-0.2, 0) is 14.3 Å². The van der Waals surface area contributed by atoms with Crippen LogP contribution in [-0.4, -0.2) is 61.6 Å². The molecule has 2 aliphatic heterocycles. The van der Waals surface area contributed by atoms with E-state index in [-0.39, 0.29) is 30.5 Å². The summed E-state index contributed by atoms with van der Waals surface area (Å²) < 4.78 is 5.42. The van der Waals surface area contributed by atoms with Crippen molar-refractivity contribution in [2.45, 2.75) is 38.3 Å². The molecule has 6 heteroatoms. The van der Waals surface area contributed by atoms with Gasteiger partial charge in [-0.25, -0.2) is 0 Å². The van der Waals surface area contributed by atoms with Crippen LogP contribution in [0.3, 0.4) is 0 Å². The largest absolute Gasteiger partial charge is 0.375 e. The minimum Gasteiger partial charge on any atom is -0.375 e. The Hall–Kier alpha value is -1.14. The van der Waals surface area contributed by atoms with Crippen molar-refractivity contribution in [1.82, 2.24) is 15.5 Å². The van der Waals surface area contributed by atoms with Crippen molar-refractivity contribution in [1.29, 1.82) is 0 Å². The highest BCUT2D eigenvalue weighted by Crippen LogP contribution is 2.08. The maximum absolute atomic E-state index is 12.0. The normalized spacial score (nSPS) is 27.9.